The molecule has 6 rings (SSSR count). The summed E-state index contributed by atoms with van der Waals surface area (Å²) in [5.74, 6) is 1.15. The highest BCUT2D eigenvalue weighted by Gasteiger charge is 2.19. The number of rotatable bonds is 5. The minimum Gasteiger partial charge on any atom is -0.383 e. The number of pyridine rings is 2. The first-order valence-electron chi connectivity index (χ1n) is 12.0. The zero-order valence-electron chi connectivity index (χ0n) is 19.7. The minimum absolute atomic E-state index is 0.433. The first-order chi connectivity index (χ1) is 17.7. The number of aromatic nitrogens is 4. The quantitative estimate of drug-likeness (QED) is 0.364. The highest BCUT2D eigenvalue weighted by Crippen LogP contribution is 2.32. The van der Waals surface area contributed by atoms with Gasteiger partial charge in [0.05, 0.1) is 11.3 Å². The number of piperazine rings is 1. The van der Waals surface area contributed by atoms with E-state index in [-0.39, 0.29) is 0 Å². The van der Waals surface area contributed by atoms with Gasteiger partial charge in [0.25, 0.3) is 0 Å². The smallest absolute Gasteiger partial charge is 0.165 e. The van der Waals surface area contributed by atoms with Gasteiger partial charge in [-0.3, -0.25) is 9.47 Å². The second kappa shape index (κ2) is 9.70. The lowest BCUT2D eigenvalue weighted by Gasteiger charge is -2.27. The zero-order valence-corrected chi connectivity index (χ0v) is 20.5. The number of anilines is 1. The second-order valence-corrected chi connectivity index (χ2v) is 9.38. The predicted octanol–water partition coefficient (Wildman–Crippen LogP) is 4.79. The molecule has 0 unspecified atom stereocenters. The molecular weight excluding hydrogens is 470 g/mol. The summed E-state index contributed by atoms with van der Waals surface area (Å²) in [7, 11) is 0. The SMILES string of the molecule is Nc1ncccc1-c1nc2ccc(-c3ccc(Cl)cc3)nc2n1-c1ccc(CN2CCNCC2)cc1. The highest BCUT2D eigenvalue weighted by molar-refractivity contribution is 6.30. The van der Waals surface area contributed by atoms with Crippen LogP contribution in [0, 0.1) is 0 Å². The molecular formula is C28H26ClN7. The largest absolute Gasteiger partial charge is 0.383 e. The highest BCUT2D eigenvalue weighted by atomic mass is 35.5. The number of halogens is 1. The Morgan fingerprint density at radius 2 is 1.67 bits per heavy atom. The summed E-state index contributed by atoms with van der Waals surface area (Å²) in [6, 6.07) is 24.1. The van der Waals surface area contributed by atoms with E-state index in [1.807, 2.05) is 48.5 Å². The fourth-order valence-corrected chi connectivity index (χ4v) is 4.77. The van der Waals surface area contributed by atoms with Crippen molar-refractivity contribution in [1.29, 1.82) is 0 Å². The van der Waals surface area contributed by atoms with Gasteiger partial charge in [-0.25, -0.2) is 15.0 Å². The topological polar surface area (TPSA) is 84.9 Å². The minimum atomic E-state index is 0.433. The molecule has 0 aliphatic carbocycles. The third-order valence-electron chi connectivity index (χ3n) is 6.53. The average Bonchev–Trinajstić information content (AvgIpc) is 3.29. The van der Waals surface area contributed by atoms with Gasteiger partial charge in [0.2, 0.25) is 0 Å². The summed E-state index contributed by atoms with van der Waals surface area (Å²) in [6.45, 7) is 5.15. The van der Waals surface area contributed by atoms with Crippen LogP contribution >= 0.6 is 11.6 Å². The summed E-state index contributed by atoms with van der Waals surface area (Å²) >= 11 is 6.10. The fourth-order valence-electron chi connectivity index (χ4n) is 4.65. The Labute approximate surface area is 214 Å². The van der Waals surface area contributed by atoms with E-state index in [2.05, 4.69) is 44.0 Å². The van der Waals surface area contributed by atoms with Crippen LogP contribution in [0.4, 0.5) is 5.82 Å². The molecule has 0 saturated carbocycles. The van der Waals surface area contributed by atoms with E-state index in [1.165, 1.54) is 5.56 Å². The number of nitrogens with one attached hydrogen (secondary N) is 1. The molecule has 0 radical (unpaired) electrons. The van der Waals surface area contributed by atoms with E-state index >= 15 is 0 Å². The van der Waals surface area contributed by atoms with Gasteiger partial charge < -0.3 is 11.1 Å². The van der Waals surface area contributed by atoms with Crippen LogP contribution in [-0.2, 0) is 6.54 Å². The van der Waals surface area contributed by atoms with Gasteiger partial charge in [-0.15, -0.1) is 0 Å². The molecule has 180 valence electrons. The molecule has 1 saturated heterocycles. The van der Waals surface area contributed by atoms with Crippen molar-refractivity contribution in [1.82, 2.24) is 29.7 Å². The van der Waals surface area contributed by atoms with Crippen molar-refractivity contribution in [2.75, 3.05) is 31.9 Å². The molecule has 7 nitrogen and oxygen atoms in total. The van der Waals surface area contributed by atoms with Gasteiger partial charge in [0.15, 0.2) is 11.5 Å². The summed E-state index contributed by atoms with van der Waals surface area (Å²) in [5.41, 5.74) is 12.7. The summed E-state index contributed by atoms with van der Waals surface area (Å²) in [6.07, 6.45) is 1.69. The molecule has 8 heteroatoms. The van der Waals surface area contributed by atoms with Gasteiger partial charge in [-0.2, -0.15) is 0 Å². The number of nitrogen functional groups attached to an aromatic ring is 1. The molecule has 2 aromatic carbocycles. The summed E-state index contributed by atoms with van der Waals surface area (Å²) in [5, 5.41) is 4.10. The van der Waals surface area contributed by atoms with Crippen molar-refractivity contribution in [3.8, 4) is 28.3 Å². The molecule has 1 aliphatic heterocycles. The number of nitrogens with two attached hydrogens (primary N) is 1. The Bertz CT molecular complexity index is 1500. The summed E-state index contributed by atoms with van der Waals surface area (Å²) < 4.78 is 2.07. The van der Waals surface area contributed by atoms with Crippen LogP contribution in [0.2, 0.25) is 5.02 Å². The van der Waals surface area contributed by atoms with E-state index in [0.717, 1.165) is 66.4 Å². The van der Waals surface area contributed by atoms with Gasteiger partial charge in [-0.1, -0.05) is 35.9 Å². The van der Waals surface area contributed by atoms with Crippen LogP contribution in [0.3, 0.4) is 0 Å². The normalized spacial score (nSPS) is 14.4. The number of nitrogens with zero attached hydrogens (tertiary/aromatic N) is 5. The Morgan fingerprint density at radius 1 is 0.889 bits per heavy atom. The Morgan fingerprint density at radius 3 is 2.42 bits per heavy atom. The van der Waals surface area contributed by atoms with E-state index < -0.39 is 0 Å². The Hall–Kier alpha value is -3.78. The van der Waals surface area contributed by atoms with E-state index in [1.54, 1.807) is 6.20 Å². The number of hydrogen-bond acceptors (Lipinski definition) is 6. The molecule has 1 fully saturated rings. The van der Waals surface area contributed by atoms with Crippen molar-refractivity contribution < 1.29 is 0 Å². The number of fused-ring (bicyclic) bond motifs is 1. The molecule has 1 aliphatic rings. The lowest BCUT2D eigenvalue weighted by atomic mass is 10.1. The number of hydrogen-bond donors (Lipinski definition) is 2. The number of imidazole rings is 1. The van der Waals surface area contributed by atoms with Crippen LogP contribution in [0.25, 0.3) is 39.5 Å². The zero-order chi connectivity index (χ0) is 24.5. The van der Waals surface area contributed by atoms with Crippen LogP contribution < -0.4 is 11.1 Å². The van der Waals surface area contributed by atoms with E-state index in [4.69, 9.17) is 27.3 Å². The second-order valence-electron chi connectivity index (χ2n) is 8.95. The van der Waals surface area contributed by atoms with Crippen molar-refractivity contribution in [3.63, 3.8) is 0 Å². The van der Waals surface area contributed by atoms with Crippen molar-refractivity contribution in [2.24, 2.45) is 0 Å². The fraction of sp³-hybridized carbons (Fsp3) is 0.179. The molecule has 3 N–H and O–H groups in total. The molecule has 0 amide bonds. The van der Waals surface area contributed by atoms with Crippen LogP contribution in [-0.4, -0.2) is 50.6 Å². The van der Waals surface area contributed by atoms with Crippen LogP contribution in [0.5, 0.6) is 0 Å². The third kappa shape index (κ3) is 4.44. The maximum absolute atomic E-state index is 6.28. The Kier molecular flexibility index (Phi) is 6.11. The van der Waals surface area contributed by atoms with Crippen LogP contribution in [0.15, 0.2) is 79.0 Å². The van der Waals surface area contributed by atoms with Crippen molar-refractivity contribution >= 4 is 28.6 Å². The molecule has 0 spiro atoms. The predicted molar refractivity (Wildman–Crippen MR) is 145 cm³/mol. The maximum Gasteiger partial charge on any atom is 0.165 e. The van der Waals surface area contributed by atoms with E-state index in [0.29, 0.717) is 16.7 Å². The number of benzene rings is 2. The first kappa shape index (κ1) is 22.7. The van der Waals surface area contributed by atoms with Crippen LogP contribution in [0.1, 0.15) is 5.56 Å². The average molecular weight is 496 g/mol. The monoisotopic (exact) mass is 495 g/mol. The molecule has 3 aromatic heterocycles. The first-order valence-corrected chi connectivity index (χ1v) is 12.4. The standard InChI is InChI=1S/C28H26ClN7/c29-21-7-5-20(6-8-21)24-11-12-25-28(33-24)36(27(34-25)23-2-1-13-32-26(23)30)22-9-3-19(4-10-22)18-35-16-14-31-15-17-35/h1-13,31H,14-18H2,(H2,30,32). The van der Waals surface area contributed by atoms with Gasteiger partial charge in [0, 0.05) is 55.2 Å². The molecule has 36 heavy (non-hydrogen) atoms. The maximum atomic E-state index is 6.28. The lowest BCUT2D eigenvalue weighted by molar-refractivity contribution is 0.233. The molecule has 0 bridgehead atoms. The van der Waals surface area contributed by atoms with Crippen molar-refractivity contribution in [2.45, 2.75) is 6.54 Å². The van der Waals surface area contributed by atoms with Crippen molar-refractivity contribution in [3.05, 3.63) is 89.6 Å². The lowest BCUT2D eigenvalue weighted by Crippen LogP contribution is -2.42. The van der Waals surface area contributed by atoms with Gasteiger partial charge in [-0.05, 0) is 54.1 Å². The van der Waals surface area contributed by atoms with Gasteiger partial charge in [0.1, 0.15) is 11.3 Å². The third-order valence-corrected chi connectivity index (χ3v) is 6.79. The van der Waals surface area contributed by atoms with E-state index in [9.17, 15) is 0 Å². The molecule has 4 heterocycles. The molecule has 5 aromatic rings. The Balaban J connectivity index is 1.46. The molecule has 0 atom stereocenters. The summed E-state index contributed by atoms with van der Waals surface area (Å²) in [4.78, 5) is 16.7. The van der Waals surface area contributed by atoms with Gasteiger partial charge >= 0.3 is 0 Å².